The smallest absolute Gasteiger partial charge is 0.159 e. The highest BCUT2D eigenvalue weighted by Gasteiger charge is 2.23. The van der Waals surface area contributed by atoms with Gasteiger partial charge in [-0.25, -0.2) is 9.98 Å². The molecule has 0 saturated carbocycles. The highest BCUT2D eigenvalue weighted by Crippen LogP contribution is 2.37. The maximum atomic E-state index is 5.22. The van der Waals surface area contributed by atoms with Crippen LogP contribution >= 0.6 is 0 Å². The first-order chi connectivity index (χ1) is 26.8. The van der Waals surface area contributed by atoms with Gasteiger partial charge in [-0.15, -0.1) is 0 Å². The standard InChI is InChI=1S/C49H33N5/c1-3-14-33(15-4-1)47-50-48(52-49(51-47)35-26-29-44-41(31-35)39-19-9-11-21-42(39)53(44)36-16-5-2-6-17-36)34-23-27-37(28-24-34)54-43-22-12-10-20-40(43)46-38-18-8-7-13-32(38)25-30-45(46)54/h1-31,47H,(H,50,51,52). The Morgan fingerprint density at radius 1 is 0.426 bits per heavy atom. The lowest BCUT2D eigenvalue weighted by Crippen LogP contribution is -2.33. The Morgan fingerprint density at radius 2 is 1.00 bits per heavy atom. The van der Waals surface area contributed by atoms with Crippen molar-refractivity contribution in [3.63, 3.8) is 0 Å². The normalized spacial score (nSPS) is 14.5. The molecule has 10 aromatic rings. The molecule has 0 amide bonds. The molecule has 1 aliphatic heterocycles. The van der Waals surface area contributed by atoms with E-state index in [1.165, 1.54) is 48.9 Å². The van der Waals surface area contributed by atoms with Gasteiger partial charge in [0.05, 0.1) is 22.1 Å². The highest BCUT2D eigenvalue weighted by atomic mass is 15.2. The van der Waals surface area contributed by atoms with Crippen molar-refractivity contribution in [3.05, 3.63) is 205 Å². The van der Waals surface area contributed by atoms with Crippen LogP contribution in [-0.4, -0.2) is 20.8 Å². The maximum absolute atomic E-state index is 5.22. The van der Waals surface area contributed by atoms with Gasteiger partial charge in [0.1, 0.15) is 12.0 Å². The number of hydrogen-bond acceptors (Lipinski definition) is 3. The number of benzene rings is 8. The molecule has 5 heteroatoms. The average Bonchev–Trinajstić information content (AvgIpc) is 3.77. The van der Waals surface area contributed by atoms with E-state index >= 15 is 0 Å². The van der Waals surface area contributed by atoms with Crippen LogP contribution in [0.3, 0.4) is 0 Å². The van der Waals surface area contributed by atoms with Crippen molar-refractivity contribution in [1.29, 1.82) is 0 Å². The fourth-order valence-corrected chi connectivity index (χ4v) is 8.28. The molecule has 54 heavy (non-hydrogen) atoms. The van der Waals surface area contributed by atoms with E-state index in [1.807, 2.05) is 6.07 Å². The summed E-state index contributed by atoms with van der Waals surface area (Å²) < 4.78 is 4.71. The number of para-hydroxylation sites is 3. The second-order valence-corrected chi connectivity index (χ2v) is 13.9. The third-order valence-electron chi connectivity index (χ3n) is 10.8. The lowest BCUT2D eigenvalue weighted by molar-refractivity contribution is 0.674. The molecule has 0 fully saturated rings. The molecule has 1 atom stereocenters. The van der Waals surface area contributed by atoms with Gasteiger partial charge in [-0.1, -0.05) is 115 Å². The fraction of sp³-hybridized carbons (Fsp3) is 0.0204. The number of nitrogens with zero attached hydrogens (tertiary/aromatic N) is 4. The first-order valence-electron chi connectivity index (χ1n) is 18.4. The molecule has 2 aromatic heterocycles. The van der Waals surface area contributed by atoms with Crippen LogP contribution in [0, 0.1) is 0 Å². The Kier molecular flexibility index (Phi) is 6.85. The van der Waals surface area contributed by atoms with Crippen LogP contribution in [0.2, 0.25) is 0 Å². The zero-order valence-corrected chi connectivity index (χ0v) is 29.3. The van der Waals surface area contributed by atoms with Crippen LogP contribution in [0.1, 0.15) is 22.9 Å². The third-order valence-corrected chi connectivity index (χ3v) is 10.8. The van der Waals surface area contributed by atoms with Gasteiger partial charge < -0.3 is 14.5 Å². The van der Waals surface area contributed by atoms with E-state index < -0.39 is 0 Å². The van der Waals surface area contributed by atoms with Gasteiger partial charge in [0.15, 0.2) is 5.84 Å². The van der Waals surface area contributed by atoms with Crippen LogP contribution in [0.15, 0.2) is 198 Å². The Morgan fingerprint density at radius 3 is 1.80 bits per heavy atom. The van der Waals surface area contributed by atoms with Gasteiger partial charge in [-0.3, -0.25) is 0 Å². The van der Waals surface area contributed by atoms with Gasteiger partial charge in [0.2, 0.25) is 0 Å². The summed E-state index contributed by atoms with van der Waals surface area (Å²) in [5.41, 5.74) is 10.0. The summed E-state index contributed by atoms with van der Waals surface area (Å²) in [5, 5.41) is 11.1. The molecule has 1 aliphatic rings. The minimum Gasteiger partial charge on any atom is -0.344 e. The first-order valence-corrected chi connectivity index (χ1v) is 18.4. The molecule has 8 aromatic carbocycles. The lowest BCUT2D eigenvalue weighted by Gasteiger charge is -2.24. The predicted molar refractivity (Wildman–Crippen MR) is 224 cm³/mol. The molecular weight excluding hydrogens is 659 g/mol. The van der Waals surface area contributed by atoms with E-state index in [4.69, 9.17) is 9.98 Å². The number of rotatable bonds is 5. The monoisotopic (exact) mass is 691 g/mol. The molecule has 3 heterocycles. The maximum Gasteiger partial charge on any atom is 0.159 e. The molecule has 0 radical (unpaired) electrons. The first kappa shape index (κ1) is 30.4. The van der Waals surface area contributed by atoms with E-state index in [9.17, 15) is 0 Å². The highest BCUT2D eigenvalue weighted by molar-refractivity contribution is 6.21. The minimum absolute atomic E-state index is 0.291. The summed E-state index contributed by atoms with van der Waals surface area (Å²) in [6.07, 6.45) is -0.291. The van der Waals surface area contributed by atoms with E-state index in [-0.39, 0.29) is 6.17 Å². The summed E-state index contributed by atoms with van der Waals surface area (Å²) in [6.45, 7) is 0. The van der Waals surface area contributed by atoms with Crippen LogP contribution < -0.4 is 5.32 Å². The van der Waals surface area contributed by atoms with Crippen LogP contribution in [0.5, 0.6) is 0 Å². The van der Waals surface area contributed by atoms with Gasteiger partial charge in [0.25, 0.3) is 0 Å². The van der Waals surface area contributed by atoms with Gasteiger partial charge in [-0.05, 0) is 89.1 Å². The fourth-order valence-electron chi connectivity index (χ4n) is 8.28. The molecule has 0 spiro atoms. The quantitative estimate of drug-likeness (QED) is 0.192. The van der Waals surface area contributed by atoms with Crippen molar-refractivity contribution < 1.29 is 0 Å². The summed E-state index contributed by atoms with van der Waals surface area (Å²) in [5.74, 6) is 1.50. The number of hydrogen-bond donors (Lipinski definition) is 1. The SMILES string of the molecule is c1ccc(C2N=C(c3ccc(-n4c5ccccc5c5c6ccccc6ccc54)cc3)N=C(c3ccc4c(c3)c3ccccc3n4-c3ccccc3)N2)cc1. The van der Waals surface area contributed by atoms with Crippen molar-refractivity contribution >= 4 is 66.1 Å². The van der Waals surface area contributed by atoms with E-state index in [0.29, 0.717) is 5.84 Å². The molecule has 0 aliphatic carbocycles. The Hall–Kier alpha value is -7.24. The van der Waals surface area contributed by atoms with Crippen molar-refractivity contribution in [3.8, 4) is 11.4 Å². The average molecular weight is 692 g/mol. The van der Waals surface area contributed by atoms with Crippen LogP contribution in [0.25, 0.3) is 65.8 Å². The van der Waals surface area contributed by atoms with Gasteiger partial charge >= 0.3 is 0 Å². The zero-order valence-electron chi connectivity index (χ0n) is 29.3. The molecular formula is C49H33N5. The topological polar surface area (TPSA) is 46.6 Å². The molecule has 254 valence electrons. The number of nitrogens with one attached hydrogen (secondary N) is 1. The zero-order chi connectivity index (χ0) is 35.6. The number of fused-ring (bicyclic) bond motifs is 8. The van der Waals surface area contributed by atoms with E-state index in [0.717, 1.165) is 39.4 Å². The van der Waals surface area contributed by atoms with Crippen molar-refractivity contribution in [2.75, 3.05) is 0 Å². The summed E-state index contributed by atoms with van der Waals surface area (Å²) >= 11 is 0. The largest absolute Gasteiger partial charge is 0.344 e. The molecule has 11 rings (SSSR count). The Bertz CT molecular complexity index is 3110. The number of amidine groups is 2. The predicted octanol–water partition coefficient (Wildman–Crippen LogP) is 11.5. The molecule has 1 N–H and O–H groups in total. The van der Waals surface area contributed by atoms with Crippen LogP contribution in [0.4, 0.5) is 0 Å². The van der Waals surface area contributed by atoms with Crippen LogP contribution in [-0.2, 0) is 0 Å². The van der Waals surface area contributed by atoms with Crippen molar-refractivity contribution in [2.45, 2.75) is 6.17 Å². The Balaban J connectivity index is 1.04. The lowest BCUT2D eigenvalue weighted by atomic mass is 10.0. The molecule has 5 nitrogen and oxygen atoms in total. The second kappa shape index (κ2) is 12.2. The Labute approximate surface area is 311 Å². The van der Waals surface area contributed by atoms with Crippen molar-refractivity contribution in [2.24, 2.45) is 9.98 Å². The van der Waals surface area contributed by atoms with Gasteiger partial charge in [0, 0.05) is 44.0 Å². The number of aliphatic imine (C=N–C) groups is 2. The third kappa shape index (κ3) is 4.79. The number of aromatic nitrogens is 2. The summed E-state index contributed by atoms with van der Waals surface area (Å²) in [4.78, 5) is 10.4. The van der Waals surface area contributed by atoms with Crippen molar-refractivity contribution in [1.82, 2.24) is 14.5 Å². The van der Waals surface area contributed by atoms with E-state index in [1.54, 1.807) is 0 Å². The second-order valence-electron chi connectivity index (χ2n) is 13.9. The summed E-state index contributed by atoms with van der Waals surface area (Å²) in [7, 11) is 0. The summed E-state index contributed by atoms with van der Waals surface area (Å²) in [6, 6.07) is 66.7. The molecule has 0 bridgehead atoms. The molecule has 1 unspecified atom stereocenters. The minimum atomic E-state index is -0.291. The molecule has 0 saturated heterocycles. The van der Waals surface area contributed by atoms with E-state index in [2.05, 4.69) is 196 Å². The van der Waals surface area contributed by atoms with Gasteiger partial charge in [-0.2, -0.15) is 0 Å².